The highest BCUT2D eigenvalue weighted by Crippen LogP contribution is 2.28. The number of carbonyl (C=O) groups excluding carboxylic acids is 1. The Morgan fingerprint density at radius 1 is 1.38 bits per heavy atom. The predicted molar refractivity (Wildman–Crippen MR) is 80.9 cm³/mol. The van der Waals surface area contributed by atoms with E-state index in [1.165, 1.54) is 11.3 Å². The maximum Gasteiger partial charge on any atom is 0.357 e. The van der Waals surface area contributed by atoms with E-state index in [-0.39, 0.29) is 0 Å². The van der Waals surface area contributed by atoms with Gasteiger partial charge in [0.05, 0.1) is 6.61 Å². The Bertz CT molecular complexity index is 779. The smallest absolute Gasteiger partial charge is 0.357 e. The third-order valence-electron chi connectivity index (χ3n) is 2.95. The largest absolute Gasteiger partial charge is 0.461 e. The number of hydrogen-bond acceptors (Lipinski definition) is 5. The van der Waals surface area contributed by atoms with Gasteiger partial charge in [0.1, 0.15) is 23.3 Å². The Labute approximate surface area is 129 Å². The summed E-state index contributed by atoms with van der Waals surface area (Å²) < 4.78 is 11.5. The summed E-state index contributed by atoms with van der Waals surface area (Å²) in [5, 5.41) is 1.87. The maximum absolute atomic E-state index is 12.2. The summed E-state index contributed by atoms with van der Waals surface area (Å²) >= 11 is 6.76. The predicted octanol–water partition coefficient (Wildman–Crippen LogP) is 3.77. The van der Waals surface area contributed by atoms with Gasteiger partial charge < -0.3 is 9.03 Å². The molecule has 0 aliphatic rings. The van der Waals surface area contributed by atoms with Crippen LogP contribution in [0.1, 0.15) is 17.4 Å². The normalized spacial score (nSPS) is 10.8. The average molecular weight is 323 g/mol. The van der Waals surface area contributed by atoms with E-state index in [9.17, 15) is 4.79 Å². The number of halogens is 1. The number of fused-ring (bicyclic) bond motifs is 1. The molecule has 3 aromatic rings. The van der Waals surface area contributed by atoms with E-state index in [4.69, 9.17) is 16.6 Å². The molecule has 0 aliphatic heterocycles. The molecule has 0 N–H and O–H groups in total. The third kappa shape index (κ3) is 2.48. The van der Waals surface area contributed by atoms with Crippen molar-refractivity contribution in [1.29, 1.82) is 0 Å². The number of benzene rings is 1. The summed E-state index contributed by atoms with van der Waals surface area (Å²) in [6.45, 7) is 2.09. The molecule has 5 nitrogen and oxygen atoms in total. The minimum Gasteiger partial charge on any atom is -0.461 e. The maximum atomic E-state index is 12.2. The first-order chi connectivity index (χ1) is 10.2. The van der Waals surface area contributed by atoms with Gasteiger partial charge in [0.2, 0.25) is 0 Å². The summed E-state index contributed by atoms with van der Waals surface area (Å²) in [4.78, 5) is 17.5. The Kier molecular flexibility index (Phi) is 3.81. The van der Waals surface area contributed by atoms with Crippen LogP contribution in [0.15, 0.2) is 35.8 Å². The number of nitrogens with zero attached hydrogens (tertiary/aromatic N) is 2. The zero-order valence-electron chi connectivity index (χ0n) is 11.1. The lowest BCUT2D eigenvalue weighted by molar-refractivity contribution is 0.0519. The monoisotopic (exact) mass is 322 g/mol. The van der Waals surface area contributed by atoms with Crippen molar-refractivity contribution in [3.63, 3.8) is 0 Å². The van der Waals surface area contributed by atoms with Gasteiger partial charge in [-0.05, 0) is 31.2 Å². The molecule has 21 heavy (non-hydrogen) atoms. The van der Waals surface area contributed by atoms with Gasteiger partial charge in [-0.2, -0.15) is 0 Å². The first-order valence-corrected chi connectivity index (χ1v) is 7.45. The van der Waals surface area contributed by atoms with Gasteiger partial charge in [0.25, 0.3) is 0 Å². The van der Waals surface area contributed by atoms with E-state index in [2.05, 4.69) is 9.27 Å². The van der Waals surface area contributed by atoms with E-state index in [0.29, 0.717) is 23.7 Å². The molecule has 0 saturated heterocycles. The Morgan fingerprint density at radius 2 is 2.14 bits per heavy atom. The number of rotatable bonds is 4. The molecule has 0 aliphatic carbocycles. The number of thiazole rings is 1. The lowest BCUT2D eigenvalue weighted by atomic mass is 10.1. The molecule has 0 unspecified atom stereocenters. The second-order valence-corrected chi connectivity index (χ2v) is 5.21. The number of aromatic nitrogens is 2. The highest BCUT2D eigenvalue weighted by Gasteiger charge is 2.22. The zero-order valence-corrected chi connectivity index (χ0v) is 12.6. The molecule has 0 saturated carbocycles. The lowest BCUT2D eigenvalue weighted by Crippen LogP contribution is -2.08. The molecule has 0 radical (unpaired) electrons. The molecule has 2 heterocycles. The number of imidazole rings is 1. The molecule has 2 aromatic heterocycles. The topological polar surface area (TPSA) is 52.8 Å². The molecule has 1 aromatic carbocycles. The van der Waals surface area contributed by atoms with Gasteiger partial charge in [-0.15, -0.1) is 11.3 Å². The molecule has 0 fully saturated rings. The summed E-state index contributed by atoms with van der Waals surface area (Å²) in [5.74, 6) is 0.134. The van der Waals surface area contributed by atoms with Crippen molar-refractivity contribution >= 4 is 34.1 Å². The van der Waals surface area contributed by atoms with Gasteiger partial charge in [-0.1, -0.05) is 0 Å². The number of hydrogen-bond donors (Lipinski definition) is 0. The van der Waals surface area contributed by atoms with E-state index in [1.807, 2.05) is 5.38 Å². The van der Waals surface area contributed by atoms with Crippen LogP contribution < -0.4 is 4.29 Å². The average Bonchev–Trinajstić information content (AvgIpc) is 3.07. The quantitative estimate of drug-likeness (QED) is 0.686. The van der Waals surface area contributed by atoms with E-state index in [1.54, 1.807) is 41.8 Å². The van der Waals surface area contributed by atoms with Crippen molar-refractivity contribution in [3.05, 3.63) is 41.5 Å². The second-order valence-electron chi connectivity index (χ2n) is 4.19. The summed E-state index contributed by atoms with van der Waals surface area (Å²) in [6, 6.07) is 7.02. The summed E-state index contributed by atoms with van der Waals surface area (Å²) in [7, 11) is 0. The molecule has 7 heteroatoms. The minimum atomic E-state index is -0.393. The van der Waals surface area contributed by atoms with Gasteiger partial charge >= 0.3 is 5.97 Å². The molecule has 108 valence electrons. The van der Waals surface area contributed by atoms with Crippen LogP contribution in [0.4, 0.5) is 0 Å². The van der Waals surface area contributed by atoms with Crippen molar-refractivity contribution in [1.82, 2.24) is 9.38 Å². The van der Waals surface area contributed by atoms with Crippen molar-refractivity contribution < 1.29 is 13.8 Å². The minimum absolute atomic E-state index is 0.314. The van der Waals surface area contributed by atoms with Crippen molar-refractivity contribution in [2.45, 2.75) is 6.92 Å². The van der Waals surface area contributed by atoms with Crippen LogP contribution in [0.2, 0.25) is 0 Å². The lowest BCUT2D eigenvalue weighted by Gasteiger charge is -2.04. The van der Waals surface area contributed by atoms with Crippen LogP contribution >= 0.6 is 23.2 Å². The van der Waals surface area contributed by atoms with Crippen LogP contribution in [0.25, 0.3) is 16.2 Å². The van der Waals surface area contributed by atoms with Gasteiger partial charge in [-0.3, -0.25) is 4.40 Å². The molecule has 0 spiro atoms. The fraction of sp³-hybridized carbons (Fsp3) is 0.143. The highest BCUT2D eigenvalue weighted by atomic mass is 35.5. The standard InChI is InChI=1S/C14H11ClN2O3S/c1-2-19-13(18)12-11(16-14-17(12)7-8-21-14)9-3-5-10(20-15)6-4-9/h3-8H,2H2,1H3. The van der Waals surface area contributed by atoms with Crippen molar-refractivity contribution in [2.75, 3.05) is 6.61 Å². The van der Waals surface area contributed by atoms with Crippen LogP contribution in [0, 0.1) is 0 Å². The molecule has 3 rings (SSSR count). The fourth-order valence-electron chi connectivity index (χ4n) is 2.05. The summed E-state index contributed by atoms with van der Waals surface area (Å²) in [6.07, 6.45) is 1.80. The van der Waals surface area contributed by atoms with E-state index < -0.39 is 5.97 Å². The van der Waals surface area contributed by atoms with E-state index in [0.717, 1.165) is 10.5 Å². The van der Waals surface area contributed by atoms with Gasteiger partial charge in [0.15, 0.2) is 10.7 Å². The SMILES string of the molecule is CCOC(=O)c1c(-c2ccc(OCl)cc2)nc2sccn12. The first kappa shape index (κ1) is 13.9. The Hall–Kier alpha value is -2.05. The number of ether oxygens (including phenoxy) is 1. The second kappa shape index (κ2) is 5.75. The molecular weight excluding hydrogens is 312 g/mol. The van der Waals surface area contributed by atoms with Gasteiger partial charge in [-0.25, -0.2) is 9.78 Å². The third-order valence-corrected chi connectivity index (χ3v) is 3.88. The van der Waals surface area contributed by atoms with Crippen LogP contribution in [-0.4, -0.2) is 22.0 Å². The van der Waals surface area contributed by atoms with E-state index >= 15 is 0 Å². The van der Waals surface area contributed by atoms with Crippen LogP contribution in [-0.2, 0) is 4.74 Å². The zero-order chi connectivity index (χ0) is 14.8. The Morgan fingerprint density at radius 3 is 2.81 bits per heavy atom. The number of carbonyl (C=O) groups is 1. The first-order valence-electron chi connectivity index (χ1n) is 6.26. The van der Waals surface area contributed by atoms with Gasteiger partial charge in [0, 0.05) is 17.1 Å². The highest BCUT2D eigenvalue weighted by molar-refractivity contribution is 7.15. The molecule has 0 amide bonds. The van der Waals surface area contributed by atoms with Crippen LogP contribution in [0.5, 0.6) is 5.75 Å². The molecule has 0 atom stereocenters. The number of esters is 1. The Balaban J connectivity index is 2.14. The van der Waals surface area contributed by atoms with Crippen molar-refractivity contribution in [2.24, 2.45) is 0 Å². The fourth-order valence-corrected chi connectivity index (χ4v) is 2.86. The molecular formula is C14H11ClN2O3S. The van der Waals surface area contributed by atoms with Crippen LogP contribution in [0.3, 0.4) is 0 Å². The van der Waals surface area contributed by atoms with Crippen molar-refractivity contribution in [3.8, 4) is 17.0 Å². The molecule has 0 bridgehead atoms. The summed E-state index contributed by atoms with van der Waals surface area (Å²) in [5.41, 5.74) is 1.81.